The number of aliphatic hydroxyl groups is 1. The van der Waals surface area contributed by atoms with Crippen molar-refractivity contribution in [1.29, 1.82) is 0 Å². The molecule has 1 saturated heterocycles. The maximum atomic E-state index is 11.5. The first-order chi connectivity index (χ1) is 5.79. The zero-order chi connectivity index (χ0) is 8.97. The molecule has 0 aromatic carbocycles. The molecule has 2 N–H and O–H groups in total. The van der Waals surface area contributed by atoms with Crippen LogP contribution in [-0.4, -0.2) is 48.7 Å². The number of nitrogens with one attached hydrogen (secondary N) is 1. The van der Waals surface area contributed by atoms with Gasteiger partial charge in [-0.3, -0.25) is 4.79 Å². The lowest BCUT2D eigenvalue weighted by molar-refractivity contribution is -0.136. The molecule has 1 heterocycles. The van der Waals surface area contributed by atoms with Gasteiger partial charge in [-0.1, -0.05) is 0 Å². The van der Waals surface area contributed by atoms with Crippen LogP contribution in [0.5, 0.6) is 0 Å². The summed E-state index contributed by atoms with van der Waals surface area (Å²) >= 11 is 0. The molecular weight excluding hydrogens is 156 g/mol. The van der Waals surface area contributed by atoms with Crippen LogP contribution in [0.25, 0.3) is 0 Å². The molecule has 1 aliphatic rings. The number of hydrogen-bond donors (Lipinski definition) is 2. The number of likely N-dealkylation sites (N-methyl/N-ethyl adjacent to an activating group) is 1. The average molecular weight is 172 g/mol. The normalized spacial score (nSPS) is 24.7. The predicted octanol–water partition coefficient (Wildman–Crippen LogP) is -0.811. The minimum absolute atomic E-state index is 0.0368. The highest BCUT2D eigenvalue weighted by Crippen LogP contribution is 2.10. The van der Waals surface area contributed by atoms with E-state index in [2.05, 4.69) is 5.32 Å². The van der Waals surface area contributed by atoms with Crippen molar-refractivity contribution in [3.8, 4) is 0 Å². The Labute approximate surface area is 72.6 Å². The fourth-order valence-electron chi connectivity index (χ4n) is 1.55. The fourth-order valence-corrected chi connectivity index (χ4v) is 1.55. The van der Waals surface area contributed by atoms with Gasteiger partial charge in [-0.25, -0.2) is 0 Å². The Morgan fingerprint density at radius 1 is 1.75 bits per heavy atom. The molecule has 70 valence electrons. The highest BCUT2D eigenvalue weighted by molar-refractivity contribution is 5.82. The standard InChI is InChI=1S/C8H16N2O2/c1-9-7-3-2-4-10(5-6-11)8(7)12/h7,9,11H,2-6H2,1H3. The molecule has 0 radical (unpaired) electrons. The summed E-state index contributed by atoms with van der Waals surface area (Å²) in [5, 5.41) is 11.7. The quantitative estimate of drug-likeness (QED) is 0.585. The zero-order valence-corrected chi connectivity index (χ0v) is 7.42. The van der Waals surface area contributed by atoms with E-state index in [1.807, 2.05) is 0 Å². The topological polar surface area (TPSA) is 52.6 Å². The van der Waals surface area contributed by atoms with Gasteiger partial charge >= 0.3 is 0 Å². The Hall–Kier alpha value is -0.610. The van der Waals surface area contributed by atoms with Gasteiger partial charge in [0.1, 0.15) is 0 Å². The van der Waals surface area contributed by atoms with Gasteiger partial charge in [0, 0.05) is 13.1 Å². The van der Waals surface area contributed by atoms with Crippen LogP contribution in [0.3, 0.4) is 0 Å². The molecule has 1 rings (SSSR count). The van der Waals surface area contributed by atoms with Crippen LogP contribution in [0, 0.1) is 0 Å². The summed E-state index contributed by atoms with van der Waals surface area (Å²) in [4.78, 5) is 13.2. The molecule has 1 fully saturated rings. The second-order valence-electron chi connectivity index (χ2n) is 3.03. The first kappa shape index (κ1) is 9.48. The fraction of sp³-hybridized carbons (Fsp3) is 0.875. The minimum atomic E-state index is -0.0368. The first-order valence-corrected chi connectivity index (χ1v) is 4.36. The minimum Gasteiger partial charge on any atom is -0.395 e. The van der Waals surface area contributed by atoms with Crippen LogP contribution in [0.15, 0.2) is 0 Å². The van der Waals surface area contributed by atoms with E-state index in [-0.39, 0.29) is 18.6 Å². The van der Waals surface area contributed by atoms with Gasteiger partial charge in [-0.2, -0.15) is 0 Å². The molecule has 0 spiro atoms. The Morgan fingerprint density at radius 2 is 2.50 bits per heavy atom. The summed E-state index contributed by atoms with van der Waals surface area (Å²) in [6.07, 6.45) is 1.94. The molecule has 0 bridgehead atoms. The summed E-state index contributed by atoms with van der Waals surface area (Å²) < 4.78 is 0. The number of carbonyl (C=O) groups is 1. The molecule has 1 atom stereocenters. The van der Waals surface area contributed by atoms with Crippen molar-refractivity contribution in [3.05, 3.63) is 0 Å². The van der Waals surface area contributed by atoms with Crippen molar-refractivity contribution < 1.29 is 9.90 Å². The van der Waals surface area contributed by atoms with Crippen LogP contribution in [-0.2, 0) is 4.79 Å². The summed E-state index contributed by atoms with van der Waals surface area (Å²) in [5.74, 6) is 0.123. The molecule has 0 saturated carbocycles. The lowest BCUT2D eigenvalue weighted by Crippen LogP contribution is -2.50. The Morgan fingerprint density at radius 3 is 3.08 bits per heavy atom. The summed E-state index contributed by atoms with van der Waals surface area (Å²) in [7, 11) is 1.80. The monoisotopic (exact) mass is 172 g/mol. The second-order valence-corrected chi connectivity index (χ2v) is 3.03. The van der Waals surface area contributed by atoms with Crippen molar-refractivity contribution >= 4 is 5.91 Å². The van der Waals surface area contributed by atoms with E-state index in [4.69, 9.17) is 5.11 Å². The number of nitrogens with zero attached hydrogens (tertiary/aromatic N) is 1. The zero-order valence-electron chi connectivity index (χ0n) is 7.42. The molecule has 4 nitrogen and oxygen atoms in total. The van der Waals surface area contributed by atoms with E-state index in [0.717, 1.165) is 19.4 Å². The van der Waals surface area contributed by atoms with E-state index in [1.54, 1.807) is 11.9 Å². The summed E-state index contributed by atoms with van der Waals surface area (Å²) in [5.41, 5.74) is 0. The number of piperidine rings is 1. The number of likely N-dealkylation sites (tertiary alicyclic amines) is 1. The molecule has 1 aliphatic heterocycles. The van der Waals surface area contributed by atoms with E-state index in [9.17, 15) is 4.79 Å². The van der Waals surface area contributed by atoms with E-state index in [0.29, 0.717) is 6.54 Å². The summed E-state index contributed by atoms with van der Waals surface area (Å²) in [6.45, 7) is 1.32. The van der Waals surface area contributed by atoms with Crippen LogP contribution in [0.4, 0.5) is 0 Å². The molecule has 1 unspecified atom stereocenters. The lowest BCUT2D eigenvalue weighted by atomic mass is 10.1. The van der Waals surface area contributed by atoms with Crippen LogP contribution >= 0.6 is 0 Å². The molecule has 0 aromatic rings. The Bertz CT molecular complexity index is 159. The third kappa shape index (κ3) is 1.95. The highest BCUT2D eigenvalue weighted by Gasteiger charge is 2.26. The number of rotatable bonds is 3. The molecule has 1 amide bonds. The van der Waals surface area contributed by atoms with Gasteiger partial charge in [0.05, 0.1) is 12.6 Å². The van der Waals surface area contributed by atoms with E-state index in [1.165, 1.54) is 0 Å². The maximum Gasteiger partial charge on any atom is 0.239 e. The largest absolute Gasteiger partial charge is 0.395 e. The molecule has 4 heteroatoms. The van der Waals surface area contributed by atoms with Crippen molar-refractivity contribution in [2.45, 2.75) is 18.9 Å². The second kappa shape index (κ2) is 4.42. The summed E-state index contributed by atoms with van der Waals surface area (Å²) in [6, 6.07) is -0.0368. The van der Waals surface area contributed by atoms with Crippen LogP contribution in [0.1, 0.15) is 12.8 Å². The van der Waals surface area contributed by atoms with E-state index < -0.39 is 0 Å². The van der Waals surface area contributed by atoms with Gasteiger partial charge in [0.2, 0.25) is 5.91 Å². The number of amides is 1. The lowest BCUT2D eigenvalue weighted by Gasteiger charge is -2.31. The van der Waals surface area contributed by atoms with Crippen molar-refractivity contribution in [2.24, 2.45) is 0 Å². The molecule has 0 aliphatic carbocycles. The van der Waals surface area contributed by atoms with E-state index >= 15 is 0 Å². The Kier molecular flexibility index (Phi) is 3.49. The highest BCUT2D eigenvalue weighted by atomic mass is 16.3. The average Bonchev–Trinajstić information content (AvgIpc) is 2.09. The first-order valence-electron chi connectivity index (χ1n) is 4.36. The van der Waals surface area contributed by atoms with Gasteiger partial charge in [0.25, 0.3) is 0 Å². The SMILES string of the molecule is CNC1CCCN(CCO)C1=O. The molecule has 12 heavy (non-hydrogen) atoms. The van der Waals surface area contributed by atoms with Gasteiger partial charge in [0.15, 0.2) is 0 Å². The number of carbonyl (C=O) groups excluding carboxylic acids is 1. The van der Waals surface area contributed by atoms with Gasteiger partial charge in [-0.05, 0) is 19.9 Å². The predicted molar refractivity (Wildman–Crippen MR) is 45.7 cm³/mol. The van der Waals surface area contributed by atoms with Crippen molar-refractivity contribution in [3.63, 3.8) is 0 Å². The van der Waals surface area contributed by atoms with Gasteiger partial charge in [-0.15, -0.1) is 0 Å². The van der Waals surface area contributed by atoms with Crippen molar-refractivity contribution in [1.82, 2.24) is 10.2 Å². The maximum absolute atomic E-state index is 11.5. The Balaban J connectivity index is 2.47. The smallest absolute Gasteiger partial charge is 0.239 e. The number of aliphatic hydroxyl groups excluding tert-OH is 1. The van der Waals surface area contributed by atoms with Crippen LogP contribution < -0.4 is 5.32 Å². The third-order valence-electron chi connectivity index (χ3n) is 2.25. The van der Waals surface area contributed by atoms with Crippen molar-refractivity contribution in [2.75, 3.05) is 26.7 Å². The third-order valence-corrected chi connectivity index (χ3v) is 2.25. The number of β-amino-alcohol motifs (C(OH)–C–C–N with tert-alkyl or cyclic N) is 1. The molecule has 0 aromatic heterocycles. The van der Waals surface area contributed by atoms with Gasteiger partial charge < -0.3 is 15.3 Å². The number of hydrogen-bond acceptors (Lipinski definition) is 3. The van der Waals surface area contributed by atoms with Crippen LogP contribution in [0.2, 0.25) is 0 Å². The molecular formula is C8H16N2O2.